The van der Waals surface area contributed by atoms with E-state index in [1.165, 1.54) is 25.2 Å². The van der Waals surface area contributed by atoms with Crippen LogP contribution in [0.25, 0.3) is 0 Å². The van der Waals surface area contributed by atoms with Crippen molar-refractivity contribution in [1.82, 2.24) is 10.3 Å². The second-order valence-corrected chi connectivity index (χ2v) is 4.18. The third kappa shape index (κ3) is 1.20. The van der Waals surface area contributed by atoms with Gasteiger partial charge in [-0.3, -0.25) is 4.98 Å². The molecule has 1 N–H and O–H groups in total. The fraction of sp³-hybridized carbons (Fsp3) is 0.545. The van der Waals surface area contributed by atoms with Crippen LogP contribution < -0.4 is 10.2 Å². The van der Waals surface area contributed by atoms with E-state index in [4.69, 9.17) is 0 Å². The van der Waals surface area contributed by atoms with Gasteiger partial charge in [-0.05, 0) is 31.0 Å². The topological polar surface area (TPSA) is 28.2 Å². The van der Waals surface area contributed by atoms with Gasteiger partial charge in [0.25, 0.3) is 0 Å². The van der Waals surface area contributed by atoms with Gasteiger partial charge in [-0.25, -0.2) is 0 Å². The van der Waals surface area contributed by atoms with Crippen molar-refractivity contribution in [2.75, 3.05) is 24.5 Å². The fourth-order valence-electron chi connectivity index (χ4n) is 2.54. The minimum Gasteiger partial charge on any atom is -0.365 e. The fourth-order valence-corrected chi connectivity index (χ4v) is 2.54. The van der Waals surface area contributed by atoms with Crippen LogP contribution in [0.1, 0.15) is 6.42 Å². The summed E-state index contributed by atoms with van der Waals surface area (Å²) in [6, 6.07) is 4.88. The van der Waals surface area contributed by atoms with Gasteiger partial charge in [0.15, 0.2) is 0 Å². The molecule has 2 aliphatic rings. The number of fused-ring (bicyclic) bond motifs is 1. The van der Waals surface area contributed by atoms with Gasteiger partial charge < -0.3 is 10.2 Å². The van der Waals surface area contributed by atoms with Crippen molar-refractivity contribution in [2.24, 2.45) is 5.92 Å². The van der Waals surface area contributed by atoms with Crippen LogP contribution in [0.3, 0.4) is 0 Å². The summed E-state index contributed by atoms with van der Waals surface area (Å²) in [5.41, 5.74) is 1.28. The second kappa shape index (κ2) is 3.24. The average molecular weight is 189 g/mol. The Hall–Kier alpha value is -1.09. The van der Waals surface area contributed by atoms with Gasteiger partial charge in [-0.2, -0.15) is 0 Å². The van der Waals surface area contributed by atoms with Crippen LogP contribution in [-0.2, 0) is 0 Å². The van der Waals surface area contributed by atoms with Crippen molar-refractivity contribution in [1.29, 1.82) is 0 Å². The van der Waals surface area contributed by atoms with Crippen LogP contribution in [0.5, 0.6) is 0 Å². The molecule has 74 valence electrons. The molecule has 0 unspecified atom stereocenters. The molecular formula is C11H15N3. The summed E-state index contributed by atoms with van der Waals surface area (Å²) in [6.07, 6.45) is 5.13. The summed E-state index contributed by atoms with van der Waals surface area (Å²) in [4.78, 5) is 6.63. The molecule has 0 saturated carbocycles. The molecule has 2 fully saturated rings. The Kier molecular flexibility index (Phi) is 1.91. The second-order valence-electron chi connectivity index (χ2n) is 4.18. The highest BCUT2D eigenvalue weighted by Crippen LogP contribution is 2.33. The van der Waals surface area contributed by atoms with Crippen molar-refractivity contribution >= 4 is 5.69 Å². The van der Waals surface area contributed by atoms with E-state index >= 15 is 0 Å². The molecule has 3 rings (SSSR count). The van der Waals surface area contributed by atoms with Gasteiger partial charge in [0.05, 0.1) is 11.9 Å². The smallest absolute Gasteiger partial charge is 0.0555 e. The van der Waals surface area contributed by atoms with E-state index in [-0.39, 0.29) is 0 Å². The van der Waals surface area contributed by atoms with Crippen molar-refractivity contribution in [2.45, 2.75) is 12.5 Å². The molecule has 0 bridgehead atoms. The predicted octanol–water partition coefficient (Wildman–Crippen LogP) is 0.880. The molecule has 3 nitrogen and oxygen atoms in total. The highest BCUT2D eigenvalue weighted by molar-refractivity contribution is 5.48. The Morgan fingerprint density at radius 1 is 1.50 bits per heavy atom. The van der Waals surface area contributed by atoms with Crippen LogP contribution in [-0.4, -0.2) is 30.7 Å². The molecule has 2 aliphatic heterocycles. The van der Waals surface area contributed by atoms with Crippen molar-refractivity contribution < 1.29 is 0 Å². The molecule has 0 spiro atoms. The first kappa shape index (κ1) is 8.24. The average Bonchev–Trinajstić information content (AvgIpc) is 2.22. The number of hydrogen-bond acceptors (Lipinski definition) is 3. The molecule has 0 aromatic carbocycles. The van der Waals surface area contributed by atoms with E-state index in [1.54, 1.807) is 0 Å². The van der Waals surface area contributed by atoms with Crippen molar-refractivity contribution in [3.8, 4) is 0 Å². The molecule has 2 atom stereocenters. The van der Waals surface area contributed by atoms with Gasteiger partial charge in [0.1, 0.15) is 0 Å². The maximum Gasteiger partial charge on any atom is 0.0555 e. The molecule has 14 heavy (non-hydrogen) atoms. The number of rotatable bonds is 1. The largest absolute Gasteiger partial charge is 0.365 e. The van der Waals surface area contributed by atoms with Gasteiger partial charge >= 0.3 is 0 Å². The lowest BCUT2D eigenvalue weighted by Gasteiger charge is -2.52. The maximum atomic E-state index is 4.16. The van der Waals surface area contributed by atoms with E-state index < -0.39 is 0 Å². The Morgan fingerprint density at radius 2 is 2.50 bits per heavy atom. The molecule has 3 heterocycles. The van der Waals surface area contributed by atoms with Gasteiger partial charge in [0, 0.05) is 25.3 Å². The van der Waals surface area contributed by atoms with E-state index in [0.717, 1.165) is 12.5 Å². The third-order valence-corrected chi connectivity index (χ3v) is 3.40. The number of pyridine rings is 1. The zero-order chi connectivity index (χ0) is 9.38. The van der Waals surface area contributed by atoms with E-state index in [1.807, 2.05) is 18.5 Å². The van der Waals surface area contributed by atoms with Crippen LogP contribution in [0, 0.1) is 5.92 Å². The molecule has 0 radical (unpaired) electrons. The lowest BCUT2D eigenvalue weighted by atomic mass is 9.83. The quantitative estimate of drug-likeness (QED) is 0.711. The summed E-state index contributed by atoms with van der Waals surface area (Å²) in [5.74, 6) is 0.913. The molecule has 3 heteroatoms. The first-order valence-corrected chi connectivity index (χ1v) is 5.32. The minimum absolute atomic E-state index is 0.716. The molecular weight excluding hydrogens is 174 g/mol. The summed E-state index contributed by atoms with van der Waals surface area (Å²) in [5, 5.41) is 3.45. The summed E-state index contributed by atoms with van der Waals surface area (Å²) < 4.78 is 0. The van der Waals surface area contributed by atoms with Crippen LogP contribution in [0.15, 0.2) is 24.5 Å². The van der Waals surface area contributed by atoms with E-state index in [2.05, 4.69) is 21.3 Å². The lowest BCUT2D eigenvalue weighted by Crippen LogP contribution is -2.63. The summed E-state index contributed by atoms with van der Waals surface area (Å²) >= 11 is 0. The molecule has 0 aliphatic carbocycles. The number of anilines is 1. The Balaban J connectivity index is 1.76. The number of hydrogen-bond donors (Lipinski definition) is 1. The first-order valence-electron chi connectivity index (χ1n) is 5.32. The minimum atomic E-state index is 0.716. The maximum absolute atomic E-state index is 4.16. The van der Waals surface area contributed by atoms with E-state index in [9.17, 15) is 0 Å². The highest BCUT2D eigenvalue weighted by atomic mass is 15.3. The first-order chi connectivity index (χ1) is 6.95. The summed E-state index contributed by atoms with van der Waals surface area (Å²) in [6.45, 7) is 3.56. The van der Waals surface area contributed by atoms with Crippen molar-refractivity contribution in [3.63, 3.8) is 0 Å². The van der Waals surface area contributed by atoms with Crippen LogP contribution >= 0.6 is 0 Å². The SMILES string of the molecule is c1cncc(N2C[C@H]3CCNC[C@H]32)c1. The van der Waals surface area contributed by atoms with Gasteiger partial charge in [0.2, 0.25) is 0 Å². The molecule has 0 amide bonds. The number of piperidine rings is 1. The van der Waals surface area contributed by atoms with Crippen molar-refractivity contribution in [3.05, 3.63) is 24.5 Å². The van der Waals surface area contributed by atoms with Crippen LogP contribution in [0.2, 0.25) is 0 Å². The highest BCUT2D eigenvalue weighted by Gasteiger charge is 2.40. The normalized spacial score (nSPS) is 30.7. The Labute approximate surface area is 84.1 Å². The van der Waals surface area contributed by atoms with E-state index in [0.29, 0.717) is 6.04 Å². The monoisotopic (exact) mass is 189 g/mol. The third-order valence-electron chi connectivity index (χ3n) is 3.40. The standard InChI is InChI=1S/C11H15N3/c1-2-10(6-12-4-1)14-8-9-3-5-13-7-11(9)14/h1-2,4,6,9,11,13H,3,5,7-8H2/t9-,11-/m1/s1. The van der Waals surface area contributed by atoms with Crippen LogP contribution in [0.4, 0.5) is 5.69 Å². The number of nitrogens with zero attached hydrogens (tertiary/aromatic N) is 2. The van der Waals surface area contributed by atoms with Gasteiger partial charge in [-0.1, -0.05) is 0 Å². The molecule has 1 aromatic heterocycles. The Bertz CT molecular complexity index is 312. The number of aromatic nitrogens is 1. The lowest BCUT2D eigenvalue weighted by molar-refractivity contribution is 0.229. The number of nitrogens with one attached hydrogen (secondary N) is 1. The zero-order valence-corrected chi connectivity index (χ0v) is 8.19. The predicted molar refractivity (Wildman–Crippen MR) is 56.3 cm³/mol. The molecule has 1 aromatic rings. The summed E-state index contributed by atoms with van der Waals surface area (Å²) in [7, 11) is 0. The van der Waals surface area contributed by atoms with Gasteiger partial charge in [-0.15, -0.1) is 0 Å². The zero-order valence-electron chi connectivity index (χ0n) is 8.19. The Morgan fingerprint density at radius 3 is 3.29 bits per heavy atom. The molecule has 2 saturated heterocycles.